The minimum Gasteiger partial charge on any atom is -0.375 e. The summed E-state index contributed by atoms with van der Waals surface area (Å²) in [5.41, 5.74) is 0. The number of hydrogen-bond donors (Lipinski definition) is 1. The second-order valence-corrected chi connectivity index (χ2v) is 4.47. The Morgan fingerprint density at radius 3 is 3.15 bits per heavy atom. The van der Waals surface area contributed by atoms with E-state index >= 15 is 0 Å². The number of fused-ring (bicyclic) bond motifs is 1. The van der Waals surface area contributed by atoms with Crippen molar-refractivity contribution in [3.8, 4) is 0 Å². The van der Waals surface area contributed by atoms with Crippen LogP contribution in [0.5, 0.6) is 0 Å². The van der Waals surface area contributed by atoms with Crippen LogP contribution in [0.1, 0.15) is 25.7 Å². The molecule has 0 aromatic rings. The van der Waals surface area contributed by atoms with Gasteiger partial charge in [0.1, 0.15) is 0 Å². The molecule has 0 amide bonds. The first-order chi connectivity index (χ1) is 6.42. The second-order valence-electron chi connectivity index (χ2n) is 4.02. The first-order valence-electron chi connectivity index (χ1n) is 5.38. The fourth-order valence-corrected chi connectivity index (χ4v) is 2.70. The van der Waals surface area contributed by atoms with Crippen molar-refractivity contribution in [3.05, 3.63) is 0 Å². The molecule has 1 heterocycles. The molecule has 1 saturated heterocycles. The molecule has 1 saturated carbocycles. The summed E-state index contributed by atoms with van der Waals surface area (Å²) in [6.07, 6.45) is 5.74. The highest BCUT2D eigenvalue weighted by atomic mass is 32.1. The van der Waals surface area contributed by atoms with E-state index < -0.39 is 0 Å². The van der Waals surface area contributed by atoms with Crippen LogP contribution in [-0.4, -0.2) is 42.5 Å². The van der Waals surface area contributed by atoms with Gasteiger partial charge >= 0.3 is 0 Å². The number of rotatable bonds is 3. The van der Waals surface area contributed by atoms with Gasteiger partial charge in [-0.15, -0.1) is 0 Å². The van der Waals surface area contributed by atoms with E-state index in [1.165, 1.54) is 32.2 Å². The van der Waals surface area contributed by atoms with E-state index in [0.717, 1.165) is 24.9 Å². The zero-order chi connectivity index (χ0) is 9.10. The molecule has 1 aliphatic heterocycles. The summed E-state index contributed by atoms with van der Waals surface area (Å²) in [5.74, 6) is 1.01. The summed E-state index contributed by atoms with van der Waals surface area (Å²) in [7, 11) is 0. The van der Waals surface area contributed by atoms with Gasteiger partial charge in [0.25, 0.3) is 0 Å². The van der Waals surface area contributed by atoms with E-state index in [-0.39, 0.29) is 0 Å². The molecule has 0 bridgehead atoms. The Bertz CT molecular complexity index is 165. The van der Waals surface area contributed by atoms with Gasteiger partial charge in [0.05, 0.1) is 12.7 Å². The minimum absolute atomic E-state index is 0.550. The molecule has 2 fully saturated rings. The van der Waals surface area contributed by atoms with Gasteiger partial charge in [0.15, 0.2) is 0 Å². The number of ether oxygens (including phenoxy) is 1. The Kier molecular flexibility index (Phi) is 3.52. The van der Waals surface area contributed by atoms with Gasteiger partial charge in [-0.3, -0.25) is 4.90 Å². The molecule has 0 spiro atoms. The number of morpholine rings is 1. The molecular weight excluding hydrogens is 182 g/mol. The zero-order valence-corrected chi connectivity index (χ0v) is 9.01. The Hall–Kier alpha value is 0.270. The predicted molar refractivity (Wildman–Crippen MR) is 57.4 cm³/mol. The molecule has 2 aliphatic rings. The first kappa shape index (κ1) is 9.81. The molecule has 2 atom stereocenters. The molecule has 0 radical (unpaired) electrons. The highest BCUT2D eigenvalue weighted by Crippen LogP contribution is 2.29. The standard InChI is InChI=1S/C10H19NOS/c13-8-2-5-11-6-7-12-10-4-1-3-9(10)11/h9-10,13H,1-8H2. The van der Waals surface area contributed by atoms with Crippen LogP contribution < -0.4 is 0 Å². The SMILES string of the molecule is SCCCN1CCOC2CCCC21. The van der Waals surface area contributed by atoms with Crippen LogP contribution in [0.15, 0.2) is 0 Å². The van der Waals surface area contributed by atoms with E-state index in [4.69, 9.17) is 4.74 Å². The summed E-state index contributed by atoms with van der Waals surface area (Å²) in [4.78, 5) is 2.61. The normalized spacial score (nSPS) is 34.8. The zero-order valence-electron chi connectivity index (χ0n) is 8.11. The molecule has 2 rings (SSSR count). The maximum absolute atomic E-state index is 5.75. The van der Waals surface area contributed by atoms with Gasteiger partial charge in [-0.1, -0.05) is 0 Å². The molecule has 13 heavy (non-hydrogen) atoms. The molecule has 2 nitrogen and oxygen atoms in total. The average molecular weight is 201 g/mol. The fourth-order valence-electron chi connectivity index (χ4n) is 2.56. The van der Waals surface area contributed by atoms with Gasteiger partial charge in [0, 0.05) is 12.6 Å². The molecule has 0 aromatic heterocycles. The lowest BCUT2D eigenvalue weighted by molar-refractivity contribution is -0.0552. The average Bonchev–Trinajstić information content (AvgIpc) is 2.62. The maximum Gasteiger partial charge on any atom is 0.0730 e. The second kappa shape index (κ2) is 4.67. The van der Waals surface area contributed by atoms with Crippen molar-refractivity contribution >= 4 is 12.6 Å². The van der Waals surface area contributed by atoms with Crippen LogP contribution in [0, 0.1) is 0 Å². The number of nitrogens with zero attached hydrogens (tertiary/aromatic N) is 1. The van der Waals surface area contributed by atoms with Crippen LogP contribution in [-0.2, 0) is 4.74 Å². The van der Waals surface area contributed by atoms with E-state index in [9.17, 15) is 0 Å². The van der Waals surface area contributed by atoms with Gasteiger partial charge in [0.2, 0.25) is 0 Å². The van der Waals surface area contributed by atoms with Crippen molar-refractivity contribution < 1.29 is 4.74 Å². The largest absolute Gasteiger partial charge is 0.375 e. The van der Waals surface area contributed by atoms with E-state index in [1.807, 2.05) is 0 Å². The van der Waals surface area contributed by atoms with Crippen LogP contribution >= 0.6 is 12.6 Å². The van der Waals surface area contributed by atoms with E-state index in [2.05, 4.69) is 17.5 Å². The summed E-state index contributed by atoms with van der Waals surface area (Å²) in [6.45, 7) is 3.29. The van der Waals surface area contributed by atoms with Crippen molar-refractivity contribution in [3.63, 3.8) is 0 Å². The quantitative estimate of drug-likeness (QED) is 0.696. The van der Waals surface area contributed by atoms with E-state index in [1.54, 1.807) is 0 Å². The van der Waals surface area contributed by atoms with Gasteiger partial charge in [-0.2, -0.15) is 12.6 Å². The highest BCUT2D eigenvalue weighted by Gasteiger charge is 2.35. The number of thiol groups is 1. The van der Waals surface area contributed by atoms with Crippen LogP contribution in [0.2, 0.25) is 0 Å². The summed E-state index contributed by atoms with van der Waals surface area (Å²) in [5, 5.41) is 0. The lowest BCUT2D eigenvalue weighted by Crippen LogP contribution is -2.48. The third kappa shape index (κ3) is 2.20. The smallest absolute Gasteiger partial charge is 0.0730 e. The summed E-state index contributed by atoms with van der Waals surface area (Å²) in [6, 6.07) is 0.730. The Morgan fingerprint density at radius 2 is 2.31 bits per heavy atom. The predicted octanol–water partition coefficient (Wildman–Crippen LogP) is 1.56. The van der Waals surface area contributed by atoms with Gasteiger partial charge in [-0.05, 0) is 38.0 Å². The molecule has 3 heteroatoms. The highest BCUT2D eigenvalue weighted by molar-refractivity contribution is 7.80. The molecular formula is C10H19NOS. The molecule has 0 N–H and O–H groups in total. The lowest BCUT2D eigenvalue weighted by Gasteiger charge is -2.37. The Labute approximate surface area is 86.0 Å². The van der Waals surface area contributed by atoms with Gasteiger partial charge in [-0.25, -0.2) is 0 Å². The summed E-state index contributed by atoms with van der Waals surface area (Å²) < 4.78 is 5.75. The molecule has 76 valence electrons. The Balaban J connectivity index is 1.86. The van der Waals surface area contributed by atoms with Crippen molar-refractivity contribution in [2.24, 2.45) is 0 Å². The van der Waals surface area contributed by atoms with Crippen molar-refractivity contribution in [2.45, 2.75) is 37.8 Å². The Morgan fingerprint density at radius 1 is 1.38 bits per heavy atom. The third-order valence-corrected chi connectivity index (χ3v) is 3.52. The van der Waals surface area contributed by atoms with Crippen LogP contribution in [0.4, 0.5) is 0 Å². The molecule has 0 aromatic carbocycles. The molecule has 1 aliphatic carbocycles. The van der Waals surface area contributed by atoms with Crippen molar-refractivity contribution in [1.82, 2.24) is 4.90 Å². The first-order valence-corrected chi connectivity index (χ1v) is 6.01. The minimum atomic E-state index is 0.550. The van der Waals surface area contributed by atoms with Crippen LogP contribution in [0.3, 0.4) is 0 Å². The van der Waals surface area contributed by atoms with Crippen molar-refractivity contribution in [2.75, 3.05) is 25.4 Å². The van der Waals surface area contributed by atoms with Crippen molar-refractivity contribution in [1.29, 1.82) is 0 Å². The van der Waals surface area contributed by atoms with Gasteiger partial charge < -0.3 is 4.74 Å². The topological polar surface area (TPSA) is 12.5 Å². The summed E-state index contributed by atoms with van der Waals surface area (Å²) >= 11 is 4.26. The lowest BCUT2D eigenvalue weighted by atomic mass is 10.1. The molecule has 2 unspecified atom stereocenters. The fraction of sp³-hybridized carbons (Fsp3) is 1.00. The maximum atomic E-state index is 5.75. The number of hydrogen-bond acceptors (Lipinski definition) is 3. The van der Waals surface area contributed by atoms with Crippen LogP contribution in [0.25, 0.3) is 0 Å². The third-order valence-electron chi connectivity index (χ3n) is 3.20. The van der Waals surface area contributed by atoms with E-state index in [0.29, 0.717) is 6.10 Å². The monoisotopic (exact) mass is 201 g/mol.